The predicted octanol–water partition coefficient (Wildman–Crippen LogP) is 2.88. The maximum Gasteiger partial charge on any atom is 0.224 e. The third-order valence-electron chi connectivity index (χ3n) is 3.64. The maximum atomic E-state index is 13.1. The first-order valence-electron chi connectivity index (χ1n) is 7.97. The number of rotatable bonds is 8. The van der Waals surface area contributed by atoms with Crippen LogP contribution in [0.2, 0.25) is 0 Å². The molecule has 0 aliphatic carbocycles. The van der Waals surface area contributed by atoms with Crippen LogP contribution in [0.1, 0.15) is 18.1 Å². The van der Waals surface area contributed by atoms with Crippen molar-refractivity contribution in [3.63, 3.8) is 0 Å². The molecule has 1 amide bonds. The first-order chi connectivity index (χ1) is 11.6. The van der Waals surface area contributed by atoms with Gasteiger partial charge in [-0.3, -0.25) is 4.79 Å². The third kappa shape index (κ3) is 5.66. The molecule has 2 rings (SSSR count). The van der Waals surface area contributed by atoms with Crippen LogP contribution in [-0.4, -0.2) is 19.5 Å². The fourth-order valence-corrected chi connectivity index (χ4v) is 2.26. The van der Waals surface area contributed by atoms with Crippen LogP contribution in [0.25, 0.3) is 0 Å². The highest BCUT2D eigenvalue weighted by molar-refractivity contribution is 5.78. The number of nitrogens with one attached hydrogen (secondary N) is 2. The Morgan fingerprint density at radius 1 is 1.17 bits per heavy atom. The molecule has 2 aromatic carbocycles. The lowest BCUT2D eigenvalue weighted by Gasteiger charge is -2.12. The van der Waals surface area contributed by atoms with Gasteiger partial charge in [-0.2, -0.15) is 0 Å². The van der Waals surface area contributed by atoms with Gasteiger partial charge in [0.25, 0.3) is 0 Å². The van der Waals surface area contributed by atoms with Gasteiger partial charge < -0.3 is 15.4 Å². The molecule has 0 saturated carbocycles. The van der Waals surface area contributed by atoms with Crippen LogP contribution in [0, 0.1) is 11.7 Å². The molecule has 0 aliphatic rings. The molecule has 0 heterocycles. The second kappa shape index (κ2) is 9.03. The lowest BCUT2D eigenvalue weighted by Crippen LogP contribution is -2.33. The minimum atomic E-state index is -0.269. The molecule has 2 N–H and O–H groups in total. The number of ether oxygens (including phenoxy) is 1. The average Bonchev–Trinajstić information content (AvgIpc) is 2.59. The lowest BCUT2D eigenvalue weighted by atomic mass is 10.1. The van der Waals surface area contributed by atoms with Crippen molar-refractivity contribution in [2.75, 3.05) is 13.6 Å². The minimum absolute atomic E-state index is 0.0239. The molecule has 1 unspecified atom stereocenters. The number of hydrogen-bond acceptors (Lipinski definition) is 3. The van der Waals surface area contributed by atoms with Crippen molar-refractivity contribution < 1.29 is 13.9 Å². The Kier molecular flexibility index (Phi) is 6.75. The smallest absolute Gasteiger partial charge is 0.224 e. The summed E-state index contributed by atoms with van der Waals surface area (Å²) in [5.74, 6) is 0.396. The Bertz CT molecular complexity index is 659. The van der Waals surface area contributed by atoms with Gasteiger partial charge in [0, 0.05) is 19.0 Å². The molecular formula is C19H23FN2O2. The van der Waals surface area contributed by atoms with Gasteiger partial charge in [0.15, 0.2) is 0 Å². The van der Waals surface area contributed by atoms with Crippen LogP contribution in [0.5, 0.6) is 5.75 Å². The Morgan fingerprint density at radius 3 is 2.58 bits per heavy atom. The molecule has 0 bridgehead atoms. The van der Waals surface area contributed by atoms with Crippen molar-refractivity contribution in [3.05, 3.63) is 65.5 Å². The molecule has 0 radical (unpaired) electrons. The molecule has 0 saturated heterocycles. The SMILES string of the molecule is CNCC(C)C(=O)NCc1ccc(OCc2cccc(F)c2)cc1. The highest BCUT2D eigenvalue weighted by Crippen LogP contribution is 2.15. The van der Waals surface area contributed by atoms with Gasteiger partial charge in [0.2, 0.25) is 5.91 Å². The van der Waals surface area contributed by atoms with E-state index in [-0.39, 0.29) is 17.6 Å². The van der Waals surface area contributed by atoms with Crippen molar-refractivity contribution in [1.29, 1.82) is 0 Å². The standard InChI is InChI=1S/C19H23FN2O2/c1-14(11-21-2)19(23)22-12-15-6-8-18(9-7-15)24-13-16-4-3-5-17(20)10-16/h3-10,14,21H,11-13H2,1-2H3,(H,22,23). The van der Waals surface area contributed by atoms with Gasteiger partial charge in [-0.15, -0.1) is 0 Å². The molecule has 0 spiro atoms. The van der Waals surface area contributed by atoms with Crippen LogP contribution in [0.4, 0.5) is 4.39 Å². The van der Waals surface area contributed by atoms with Crippen molar-refractivity contribution in [2.45, 2.75) is 20.1 Å². The monoisotopic (exact) mass is 330 g/mol. The van der Waals surface area contributed by atoms with E-state index in [4.69, 9.17) is 4.74 Å². The van der Waals surface area contributed by atoms with Crippen molar-refractivity contribution >= 4 is 5.91 Å². The predicted molar refractivity (Wildman–Crippen MR) is 92.1 cm³/mol. The van der Waals surface area contributed by atoms with Gasteiger partial charge in [-0.25, -0.2) is 4.39 Å². The molecule has 24 heavy (non-hydrogen) atoms. The first-order valence-corrected chi connectivity index (χ1v) is 7.97. The van der Waals surface area contributed by atoms with Crippen molar-refractivity contribution in [3.8, 4) is 5.75 Å². The largest absolute Gasteiger partial charge is 0.489 e. The van der Waals surface area contributed by atoms with Crippen molar-refractivity contribution in [2.24, 2.45) is 5.92 Å². The Labute approximate surface area is 142 Å². The van der Waals surface area contributed by atoms with E-state index in [1.165, 1.54) is 12.1 Å². The van der Waals surface area contributed by atoms with E-state index in [0.717, 1.165) is 11.1 Å². The zero-order valence-corrected chi connectivity index (χ0v) is 14.0. The highest BCUT2D eigenvalue weighted by Gasteiger charge is 2.10. The number of amides is 1. The lowest BCUT2D eigenvalue weighted by molar-refractivity contribution is -0.124. The summed E-state index contributed by atoms with van der Waals surface area (Å²) in [6.07, 6.45) is 0. The fraction of sp³-hybridized carbons (Fsp3) is 0.316. The number of halogens is 1. The van der Waals surface area contributed by atoms with E-state index in [1.807, 2.05) is 44.3 Å². The summed E-state index contributed by atoms with van der Waals surface area (Å²) in [6.45, 7) is 3.33. The summed E-state index contributed by atoms with van der Waals surface area (Å²) in [5.41, 5.74) is 1.78. The highest BCUT2D eigenvalue weighted by atomic mass is 19.1. The number of benzene rings is 2. The fourth-order valence-electron chi connectivity index (χ4n) is 2.26. The Hall–Kier alpha value is -2.40. The maximum absolute atomic E-state index is 13.1. The van der Waals surface area contributed by atoms with E-state index in [0.29, 0.717) is 25.4 Å². The second-order valence-electron chi connectivity index (χ2n) is 5.74. The molecule has 0 aliphatic heterocycles. The number of hydrogen-bond donors (Lipinski definition) is 2. The van der Waals surface area contributed by atoms with Gasteiger partial charge in [0.05, 0.1) is 0 Å². The molecule has 0 aromatic heterocycles. The van der Waals surface area contributed by atoms with Crippen LogP contribution >= 0.6 is 0 Å². The number of carbonyl (C=O) groups is 1. The zero-order valence-electron chi connectivity index (χ0n) is 14.0. The molecule has 0 fully saturated rings. The first kappa shape index (κ1) is 17.9. The van der Waals surface area contributed by atoms with Crippen molar-refractivity contribution in [1.82, 2.24) is 10.6 Å². The molecule has 1 atom stereocenters. The minimum Gasteiger partial charge on any atom is -0.489 e. The molecule has 2 aromatic rings. The Morgan fingerprint density at radius 2 is 1.92 bits per heavy atom. The van der Waals surface area contributed by atoms with Crippen LogP contribution in [0.3, 0.4) is 0 Å². The topological polar surface area (TPSA) is 50.4 Å². The molecule has 5 heteroatoms. The summed E-state index contributed by atoms with van der Waals surface area (Å²) in [5, 5.41) is 5.89. The molecular weight excluding hydrogens is 307 g/mol. The van der Waals surface area contributed by atoms with Crippen LogP contribution < -0.4 is 15.4 Å². The number of carbonyl (C=O) groups excluding carboxylic acids is 1. The van der Waals surface area contributed by atoms with E-state index in [1.54, 1.807) is 6.07 Å². The molecule has 4 nitrogen and oxygen atoms in total. The van der Waals surface area contributed by atoms with E-state index < -0.39 is 0 Å². The third-order valence-corrected chi connectivity index (χ3v) is 3.64. The van der Waals surface area contributed by atoms with E-state index in [9.17, 15) is 9.18 Å². The summed E-state index contributed by atoms with van der Waals surface area (Å²) in [6, 6.07) is 13.8. The molecule has 128 valence electrons. The van der Waals surface area contributed by atoms with Crippen LogP contribution in [0.15, 0.2) is 48.5 Å². The zero-order chi connectivity index (χ0) is 17.4. The Balaban J connectivity index is 1.81. The summed E-state index contributed by atoms with van der Waals surface area (Å²) in [7, 11) is 1.83. The second-order valence-corrected chi connectivity index (χ2v) is 5.74. The van der Waals surface area contributed by atoms with Gasteiger partial charge in [0.1, 0.15) is 18.2 Å². The van der Waals surface area contributed by atoms with E-state index in [2.05, 4.69) is 10.6 Å². The summed E-state index contributed by atoms with van der Waals surface area (Å²) >= 11 is 0. The average molecular weight is 330 g/mol. The quantitative estimate of drug-likeness (QED) is 0.782. The summed E-state index contributed by atoms with van der Waals surface area (Å²) < 4.78 is 18.7. The van der Waals surface area contributed by atoms with Gasteiger partial charge in [-0.1, -0.05) is 31.2 Å². The van der Waals surface area contributed by atoms with Crippen LogP contribution in [-0.2, 0) is 17.9 Å². The van der Waals surface area contributed by atoms with Gasteiger partial charge in [-0.05, 0) is 42.4 Å². The normalized spacial score (nSPS) is 11.8. The summed E-state index contributed by atoms with van der Waals surface area (Å²) in [4.78, 5) is 11.9. The van der Waals surface area contributed by atoms with E-state index >= 15 is 0 Å². The van der Waals surface area contributed by atoms with Gasteiger partial charge >= 0.3 is 0 Å².